The van der Waals surface area contributed by atoms with Crippen LogP contribution in [0.3, 0.4) is 0 Å². The van der Waals surface area contributed by atoms with Crippen molar-refractivity contribution in [2.45, 2.75) is 45.4 Å². The maximum atomic E-state index is 4.31. The van der Waals surface area contributed by atoms with E-state index in [0.29, 0.717) is 0 Å². The number of aliphatic imine (C=N–C) groups is 1. The Kier molecular flexibility index (Phi) is 9.42. The molecule has 140 valence electrons. The first-order chi connectivity index (χ1) is 12.3. The van der Waals surface area contributed by atoms with Gasteiger partial charge < -0.3 is 15.5 Å². The van der Waals surface area contributed by atoms with Gasteiger partial charge in [-0.1, -0.05) is 37.3 Å². The smallest absolute Gasteiger partial charge is 0.190 e. The summed E-state index contributed by atoms with van der Waals surface area (Å²) in [5.41, 5.74) is 1.40. The molecule has 0 amide bonds. The van der Waals surface area contributed by atoms with Crippen LogP contribution in [0.5, 0.6) is 0 Å². The number of hydrogen-bond donors (Lipinski definition) is 2. The van der Waals surface area contributed by atoms with E-state index >= 15 is 0 Å². The standard InChI is InChI=1S/C21H36N4/c1-19-10-9-17-25(18-19)16-7-6-14-23-21(22-2)24-15-8-13-20-11-4-3-5-12-20/h3-5,11-12,19H,6-10,13-18H2,1-2H3,(H2,22,23,24). The van der Waals surface area contributed by atoms with E-state index in [2.05, 4.69) is 57.8 Å². The van der Waals surface area contributed by atoms with Crippen LogP contribution in [0.25, 0.3) is 0 Å². The fourth-order valence-electron chi connectivity index (χ4n) is 3.52. The predicted octanol–water partition coefficient (Wildman–Crippen LogP) is 3.30. The summed E-state index contributed by atoms with van der Waals surface area (Å²) in [7, 11) is 1.85. The Morgan fingerprint density at radius 1 is 1.12 bits per heavy atom. The Morgan fingerprint density at radius 2 is 1.88 bits per heavy atom. The van der Waals surface area contributed by atoms with E-state index in [1.54, 1.807) is 0 Å². The molecule has 0 radical (unpaired) electrons. The van der Waals surface area contributed by atoms with E-state index in [1.165, 1.54) is 50.9 Å². The Labute approximate surface area is 154 Å². The summed E-state index contributed by atoms with van der Waals surface area (Å²) in [6, 6.07) is 10.7. The number of unbranched alkanes of at least 4 members (excludes halogenated alkanes) is 1. The van der Waals surface area contributed by atoms with E-state index in [4.69, 9.17) is 0 Å². The van der Waals surface area contributed by atoms with E-state index in [-0.39, 0.29) is 0 Å². The van der Waals surface area contributed by atoms with Gasteiger partial charge in [0.1, 0.15) is 0 Å². The van der Waals surface area contributed by atoms with Crippen LogP contribution < -0.4 is 10.6 Å². The summed E-state index contributed by atoms with van der Waals surface area (Å²) in [6.07, 6.45) is 7.49. The lowest BCUT2D eigenvalue weighted by atomic mass is 10.0. The number of nitrogens with one attached hydrogen (secondary N) is 2. The molecule has 25 heavy (non-hydrogen) atoms. The molecule has 1 aliphatic heterocycles. The lowest BCUT2D eigenvalue weighted by molar-refractivity contribution is 0.181. The molecular weight excluding hydrogens is 308 g/mol. The Balaban J connectivity index is 1.49. The highest BCUT2D eigenvalue weighted by Crippen LogP contribution is 2.15. The number of rotatable bonds is 9. The number of piperidine rings is 1. The Bertz CT molecular complexity index is 486. The van der Waals surface area contributed by atoms with Gasteiger partial charge in [0.05, 0.1) is 0 Å². The van der Waals surface area contributed by atoms with Crippen molar-refractivity contribution in [2.24, 2.45) is 10.9 Å². The number of nitrogens with zero attached hydrogens (tertiary/aromatic N) is 2. The Morgan fingerprint density at radius 3 is 2.60 bits per heavy atom. The molecule has 1 fully saturated rings. The third-order valence-electron chi connectivity index (χ3n) is 4.94. The van der Waals surface area contributed by atoms with Crippen molar-refractivity contribution in [1.82, 2.24) is 15.5 Å². The van der Waals surface area contributed by atoms with E-state index in [9.17, 15) is 0 Å². The van der Waals surface area contributed by atoms with Crippen molar-refractivity contribution in [3.63, 3.8) is 0 Å². The molecule has 0 aromatic heterocycles. The van der Waals surface area contributed by atoms with Crippen LogP contribution in [0.15, 0.2) is 35.3 Å². The summed E-state index contributed by atoms with van der Waals surface area (Å²) in [6.45, 7) is 8.17. The molecule has 1 aliphatic rings. The van der Waals surface area contributed by atoms with Gasteiger partial charge in [-0.15, -0.1) is 0 Å². The molecule has 4 nitrogen and oxygen atoms in total. The summed E-state index contributed by atoms with van der Waals surface area (Å²) in [5.74, 6) is 1.81. The van der Waals surface area contributed by atoms with Crippen molar-refractivity contribution < 1.29 is 0 Å². The zero-order valence-corrected chi connectivity index (χ0v) is 16.1. The highest BCUT2D eigenvalue weighted by molar-refractivity contribution is 5.79. The maximum absolute atomic E-state index is 4.31. The highest BCUT2D eigenvalue weighted by Gasteiger charge is 2.15. The minimum absolute atomic E-state index is 0.880. The second-order valence-corrected chi connectivity index (χ2v) is 7.27. The second kappa shape index (κ2) is 11.9. The van der Waals surface area contributed by atoms with Crippen molar-refractivity contribution in [3.05, 3.63) is 35.9 Å². The number of guanidine groups is 1. The molecular formula is C21H36N4. The lowest BCUT2D eigenvalue weighted by Crippen LogP contribution is -2.39. The van der Waals surface area contributed by atoms with Crippen LogP contribution >= 0.6 is 0 Å². The first-order valence-electron chi connectivity index (χ1n) is 9.98. The Hall–Kier alpha value is -1.55. The fourth-order valence-corrected chi connectivity index (χ4v) is 3.52. The summed E-state index contributed by atoms with van der Waals surface area (Å²) in [5, 5.41) is 6.85. The van der Waals surface area contributed by atoms with Crippen LogP contribution in [0, 0.1) is 5.92 Å². The normalized spacial score (nSPS) is 19.0. The first kappa shape index (κ1) is 19.8. The zero-order chi connectivity index (χ0) is 17.7. The van der Waals surface area contributed by atoms with Crippen LogP contribution in [0.4, 0.5) is 0 Å². The molecule has 1 aromatic carbocycles. The molecule has 4 heteroatoms. The summed E-state index contributed by atoms with van der Waals surface area (Å²) >= 11 is 0. The van der Waals surface area contributed by atoms with E-state index < -0.39 is 0 Å². The van der Waals surface area contributed by atoms with Gasteiger partial charge in [-0.3, -0.25) is 4.99 Å². The monoisotopic (exact) mass is 344 g/mol. The maximum Gasteiger partial charge on any atom is 0.190 e. The van der Waals surface area contributed by atoms with Crippen molar-refractivity contribution in [2.75, 3.05) is 39.8 Å². The highest BCUT2D eigenvalue weighted by atomic mass is 15.2. The fraction of sp³-hybridized carbons (Fsp3) is 0.667. The lowest BCUT2D eigenvalue weighted by Gasteiger charge is -2.30. The van der Waals surface area contributed by atoms with Crippen molar-refractivity contribution >= 4 is 5.96 Å². The van der Waals surface area contributed by atoms with Gasteiger partial charge in [0, 0.05) is 26.7 Å². The van der Waals surface area contributed by atoms with Gasteiger partial charge in [-0.25, -0.2) is 0 Å². The molecule has 1 aromatic rings. The van der Waals surface area contributed by atoms with Gasteiger partial charge in [-0.2, -0.15) is 0 Å². The third-order valence-corrected chi connectivity index (χ3v) is 4.94. The number of hydrogen-bond acceptors (Lipinski definition) is 2. The van der Waals surface area contributed by atoms with Gasteiger partial charge in [0.2, 0.25) is 0 Å². The van der Waals surface area contributed by atoms with Crippen molar-refractivity contribution in [3.8, 4) is 0 Å². The zero-order valence-electron chi connectivity index (χ0n) is 16.1. The molecule has 0 saturated carbocycles. The quantitative estimate of drug-likeness (QED) is 0.410. The van der Waals surface area contributed by atoms with E-state index in [0.717, 1.165) is 37.8 Å². The molecule has 1 unspecified atom stereocenters. The third kappa shape index (κ3) is 8.39. The minimum atomic E-state index is 0.880. The molecule has 1 heterocycles. The number of benzene rings is 1. The molecule has 0 aliphatic carbocycles. The largest absolute Gasteiger partial charge is 0.356 e. The summed E-state index contributed by atoms with van der Waals surface area (Å²) < 4.78 is 0. The minimum Gasteiger partial charge on any atom is -0.356 e. The topological polar surface area (TPSA) is 39.7 Å². The van der Waals surface area contributed by atoms with Crippen LogP contribution in [0.1, 0.15) is 44.6 Å². The first-order valence-corrected chi connectivity index (χ1v) is 9.98. The van der Waals surface area contributed by atoms with Gasteiger partial charge in [0.15, 0.2) is 5.96 Å². The molecule has 0 spiro atoms. The van der Waals surface area contributed by atoms with Crippen LogP contribution in [0.2, 0.25) is 0 Å². The second-order valence-electron chi connectivity index (χ2n) is 7.27. The summed E-state index contributed by atoms with van der Waals surface area (Å²) in [4.78, 5) is 6.94. The van der Waals surface area contributed by atoms with Gasteiger partial charge in [0.25, 0.3) is 0 Å². The average Bonchev–Trinajstić information content (AvgIpc) is 2.64. The van der Waals surface area contributed by atoms with Crippen molar-refractivity contribution in [1.29, 1.82) is 0 Å². The molecule has 0 bridgehead atoms. The SMILES string of the molecule is CN=C(NCCCCN1CCCC(C)C1)NCCCc1ccccc1. The van der Waals surface area contributed by atoms with Gasteiger partial charge >= 0.3 is 0 Å². The molecule has 1 saturated heterocycles. The number of aryl methyl sites for hydroxylation is 1. The average molecular weight is 345 g/mol. The number of likely N-dealkylation sites (tertiary alicyclic amines) is 1. The molecule has 2 rings (SSSR count). The van der Waals surface area contributed by atoms with Crippen LogP contribution in [-0.2, 0) is 6.42 Å². The molecule has 2 N–H and O–H groups in total. The predicted molar refractivity (Wildman–Crippen MR) is 108 cm³/mol. The van der Waals surface area contributed by atoms with Crippen LogP contribution in [-0.4, -0.2) is 50.6 Å². The molecule has 1 atom stereocenters. The van der Waals surface area contributed by atoms with Gasteiger partial charge in [-0.05, 0) is 63.1 Å². The van der Waals surface area contributed by atoms with E-state index in [1.807, 2.05) is 7.05 Å².